The molecule has 1 aromatic heterocycles. The van der Waals surface area contributed by atoms with Crippen molar-refractivity contribution < 1.29 is 18.7 Å². The minimum Gasteiger partial charge on any atom is -0.439 e. The molecule has 2 aromatic carbocycles. The fourth-order valence-corrected chi connectivity index (χ4v) is 2.99. The van der Waals surface area contributed by atoms with Crippen LogP contribution in [-0.4, -0.2) is 22.8 Å². The van der Waals surface area contributed by atoms with Crippen molar-refractivity contribution in [1.82, 2.24) is 15.6 Å². The van der Waals surface area contributed by atoms with Gasteiger partial charge < -0.3 is 15.4 Å². The maximum Gasteiger partial charge on any atom is 0.253 e. The second kappa shape index (κ2) is 10.2. The van der Waals surface area contributed by atoms with Gasteiger partial charge in [0.1, 0.15) is 17.6 Å². The summed E-state index contributed by atoms with van der Waals surface area (Å²) in [7, 11) is 0. The minimum absolute atomic E-state index is 0.125. The van der Waals surface area contributed by atoms with E-state index in [0.29, 0.717) is 11.6 Å². The van der Waals surface area contributed by atoms with E-state index in [-0.39, 0.29) is 33.9 Å². The number of pyridine rings is 1. The predicted molar refractivity (Wildman–Crippen MR) is 116 cm³/mol. The summed E-state index contributed by atoms with van der Waals surface area (Å²) in [6, 6.07) is 12.8. The number of halogens is 3. The molecule has 160 valence electrons. The molecule has 6 nitrogen and oxygen atoms in total. The van der Waals surface area contributed by atoms with E-state index < -0.39 is 11.9 Å². The number of carbonyl (C=O) groups excluding carboxylic acids is 2. The van der Waals surface area contributed by atoms with Crippen LogP contribution in [0.1, 0.15) is 22.8 Å². The highest BCUT2D eigenvalue weighted by molar-refractivity contribution is 6.43. The van der Waals surface area contributed by atoms with E-state index in [1.54, 1.807) is 31.2 Å². The molecule has 0 aliphatic heterocycles. The van der Waals surface area contributed by atoms with Gasteiger partial charge in [0.05, 0.1) is 15.6 Å². The Morgan fingerprint density at radius 1 is 1.13 bits per heavy atom. The molecule has 0 saturated heterocycles. The van der Waals surface area contributed by atoms with Crippen molar-refractivity contribution in [3.63, 3.8) is 0 Å². The maximum atomic E-state index is 13.0. The molecule has 1 atom stereocenters. The number of benzene rings is 2. The van der Waals surface area contributed by atoms with Crippen LogP contribution in [0.2, 0.25) is 10.0 Å². The van der Waals surface area contributed by atoms with Gasteiger partial charge in [-0.2, -0.15) is 0 Å². The summed E-state index contributed by atoms with van der Waals surface area (Å²) in [5.41, 5.74) is 0.919. The molecular formula is C22H18Cl2FN3O3. The quantitative estimate of drug-likeness (QED) is 0.531. The molecule has 0 fully saturated rings. The third-order valence-corrected chi connectivity index (χ3v) is 5.06. The van der Waals surface area contributed by atoms with E-state index >= 15 is 0 Å². The highest BCUT2D eigenvalue weighted by atomic mass is 35.5. The maximum absolute atomic E-state index is 13.0. The number of hydrogen-bond donors (Lipinski definition) is 2. The van der Waals surface area contributed by atoms with Crippen molar-refractivity contribution in [2.75, 3.05) is 0 Å². The second-order valence-electron chi connectivity index (χ2n) is 6.57. The first-order valence-electron chi connectivity index (χ1n) is 9.24. The number of aromatic nitrogens is 1. The first-order chi connectivity index (χ1) is 14.8. The normalized spacial score (nSPS) is 11.5. The van der Waals surface area contributed by atoms with Crippen molar-refractivity contribution in [2.24, 2.45) is 0 Å². The first kappa shape index (κ1) is 22.5. The van der Waals surface area contributed by atoms with Gasteiger partial charge in [0.15, 0.2) is 0 Å². The number of nitrogens with one attached hydrogen (secondary N) is 2. The lowest BCUT2D eigenvalue weighted by Crippen LogP contribution is -2.44. The molecule has 0 aliphatic rings. The summed E-state index contributed by atoms with van der Waals surface area (Å²) in [5, 5.41) is 5.70. The van der Waals surface area contributed by atoms with Gasteiger partial charge >= 0.3 is 0 Å². The van der Waals surface area contributed by atoms with Crippen molar-refractivity contribution in [3.8, 4) is 11.6 Å². The van der Waals surface area contributed by atoms with Crippen LogP contribution in [0.15, 0.2) is 60.8 Å². The fraction of sp³-hybridized carbons (Fsp3) is 0.136. The molecule has 0 radical (unpaired) electrons. The van der Waals surface area contributed by atoms with Gasteiger partial charge in [-0.05, 0) is 55.0 Å². The van der Waals surface area contributed by atoms with Crippen LogP contribution >= 0.6 is 23.2 Å². The molecule has 3 aromatic rings. The average molecular weight is 462 g/mol. The van der Waals surface area contributed by atoms with E-state index in [1.165, 1.54) is 36.5 Å². The van der Waals surface area contributed by atoms with E-state index in [0.717, 1.165) is 5.56 Å². The Labute approximate surface area is 188 Å². The fourth-order valence-electron chi connectivity index (χ4n) is 2.60. The van der Waals surface area contributed by atoms with Crippen molar-refractivity contribution in [3.05, 3.63) is 87.8 Å². The molecular weight excluding hydrogens is 444 g/mol. The third-order valence-electron chi connectivity index (χ3n) is 4.24. The largest absolute Gasteiger partial charge is 0.439 e. The Bertz CT molecular complexity index is 1090. The zero-order valence-corrected chi connectivity index (χ0v) is 17.9. The summed E-state index contributed by atoms with van der Waals surface area (Å²) in [4.78, 5) is 28.8. The Kier molecular flexibility index (Phi) is 7.44. The molecule has 0 bridgehead atoms. The highest BCUT2D eigenvalue weighted by Crippen LogP contribution is 2.25. The first-order valence-corrected chi connectivity index (χ1v) is 10.00. The Hall–Kier alpha value is -3.16. The van der Waals surface area contributed by atoms with Crippen molar-refractivity contribution >= 4 is 35.0 Å². The molecule has 9 heteroatoms. The lowest BCUT2D eigenvalue weighted by atomic mass is 10.2. The molecule has 3 rings (SSSR count). The average Bonchev–Trinajstić information content (AvgIpc) is 2.75. The van der Waals surface area contributed by atoms with Gasteiger partial charge in [0.25, 0.3) is 5.91 Å². The topological polar surface area (TPSA) is 80.3 Å². The molecule has 0 spiro atoms. The van der Waals surface area contributed by atoms with Crippen LogP contribution < -0.4 is 15.4 Å². The summed E-state index contributed by atoms with van der Waals surface area (Å²) in [5.74, 6) is -0.518. The Balaban J connectivity index is 1.55. The lowest BCUT2D eigenvalue weighted by molar-refractivity contribution is -0.122. The minimum atomic E-state index is -0.806. The molecule has 2 N–H and O–H groups in total. The smallest absolute Gasteiger partial charge is 0.253 e. The lowest BCUT2D eigenvalue weighted by Gasteiger charge is -2.15. The standard InChI is InChI=1S/C22H18Cl2FN3O3/c1-13(28-22(30)17-3-2-4-18(23)20(17)24)21(29)27-12-14-9-10-26-19(11-14)31-16-7-5-15(25)6-8-16/h2-11,13H,12H2,1H3,(H,27,29)(H,28,30). The summed E-state index contributed by atoms with van der Waals surface area (Å²) in [6.45, 7) is 1.75. The van der Waals surface area contributed by atoms with E-state index in [4.69, 9.17) is 27.9 Å². The van der Waals surface area contributed by atoms with Crippen molar-refractivity contribution in [2.45, 2.75) is 19.5 Å². The predicted octanol–water partition coefficient (Wildman–Crippen LogP) is 4.75. The van der Waals surface area contributed by atoms with E-state index in [2.05, 4.69) is 15.6 Å². The van der Waals surface area contributed by atoms with Crippen LogP contribution in [0.3, 0.4) is 0 Å². The number of hydrogen-bond acceptors (Lipinski definition) is 4. The van der Waals surface area contributed by atoms with E-state index in [1.807, 2.05) is 0 Å². The Morgan fingerprint density at radius 2 is 1.87 bits per heavy atom. The van der Waals surface area contributed by atoms with E-state index in [9.17, 15) is 14.0 Å². The number of rotatable bonds is 7. The number of amides is 2. The van der Waals surface area contributed by atoms with Crippen LogP contribution in [0.5, 0.6) is 11.6 Å². The van der Waals surface area contributed by atoms with Crippen molar-refractivity contribution in [1.29, 1.82) is 0 Å². The third kappa shape index (κ3) is 6.16. The van der Waals surface area contributed by atoms with Gasteiger partial charge in [-0.3, -0.25) is 9.59 Å². The summed E-state index contributed by atoms with van der Waals surface area (Å²) >= 11 is 12.0. The molecule has 1 unspecified atom stereocenters. The van der Waals surface area contributed by atoms with Gasteiger partial charge in [-0.15, -0.1) is 0 Å². The monoisotopic (exact) mass is 461 g/mol. The van der Waals surface area contributed by atoms with Gasteiger partial charge in [0, 0.05) is 18.8 Å². The number of carbonyl (C=O) groups is 2. The van der Waals surface area contributed by atoms with Crippen LogP contribution in [0.25, 0.3) is 0 Å². The summed E-state index contributed by atoms with van der Waals surface area (Å²) in [6.07, 6.45) is 1.53. The van der Waals surface area contributed by atoms with Gasteiger partial charge in [-0.1, -0.05) is 29.3 Å². The molecule has 1 heterocycles. The second-order valence-corrected chi connectivity index (χ2v) is 7.36. The van der Waals surface area contributed by atoms with Crippen LogP contribution in [0.4, 0.5) is 4.39 Å². The Morgan fingerprint density at radius 3 is 2.61 bits per heavy atom. The molecule has 2 amide bonds. The molecule has 31 heavy (non-hydrogen) atoms. The number of nitrogens with zero attached hydrogens (tertiary/aromatic N) is 1. The number of ether oxygens (including phenoxy) is 1. The van der Waals surface area contributed by atoms with Crippen LogP contribution in [0, 0.1) is 5.82 Å². The molecule has 0 aliphatic carbocycles. The van der Waals surface area contributed by atoms with Gasteiger partial charge in [0.2, 0.25) is 11.8 Å². The summed E-state index contributed by atoms with van der Waals surface area (Å²) < 4.78 is 18.6. The zero-order chi connectivity index (χ0) is 22.4. The zero-order valence-electron chi connectivity index (χ0n) is 16.4. The SMILES string of the molecule is CC(NC(=O)c1cccc(Cl)c1Cl)C(=O)NCc1ccnc(Oc2ccc(F)cc2)c1. The molecule has 0 saturated carbocycles. The van der Waals surface area contributed by atoms with Crippen LogP contribution in [-0.2, 0) is 11.3 Å². The van der Waals surface area contributed by atoms with Gasteiger partial charge in [-0.25, -0.2) is 9.37 Å². The highest BCUT2D eigenvalue weighted by Gasteiger charge is 2.19.